The van der Waals surface area contributed by atoms with Gasteiger partial charge in [-0.25, -0.2) is 13.4 Å². The van der Waals surface area contributed by atoms with Crippen LogP contribution in [0.2, 0.25) is 0 Å². The lowest BCUT2D eigenvalue weighted by Gasteiger charge is -2.19. The third-order valence-corrected chi connectivity index (χ3v) is 4.95. The van der Waals surface area contributed by atoms with Crippen molar-refractivity contribution in [3.05, 3.63) is 42.3 Å². The molecule has 0 aliphatic carbocycles. The highest BCUT2D eigenvalue weighted by atomic mass is 32.2. The van der Waals surface area contributed by atoms with Crippen molar-refractivity contribution >= 4 is 26.8 Å². The minimum atomic E-state index is -3.75. The number of fused-ring (bicyclic) bond motifs is 2. The van der Waals surface area contributed by atoms with E-state index in [2.05, 4.69) is 9.71 Å². The molecule has 0 radical (unpaired) electrons. The van der Waals surface area contributed by atoms with Crippen LogP contribution in [0, 0.1) is 6.92 Å². The molecule has 0 bridgehead atoms. The highest BCUT2D eigenvalue weighted by Crippen LogP contribution is 2.33. The fourth-order valence-corrected chi connectivity index (χ4v) is 3.58. The number of hydrogen-bond donors (Lipinski definition) is 1. The second kappa shape index (κ2) is 5.41. The first-order chi connectivity index (χ1) is 11.5. The number of hydrogen-bond acceptors (Lipinski definition) is 6. The van der Waals surface area contributed by atoms with Gasteiger partial charge in [-0.05, 0) is 30.3 Å². The first-order valence-electron chi connectivity index (χ1n) is 7.31. The molecule has 0 spiro atoms. The van der Waals surface area contributed by atoms with Gasteiger partial charge in [0.1, 0.15) is 18.7 Å². The van der Waals surface area contributed by atoms with Gasteiger partial charge < -0.3 is 13.9 Å². The molecule has 2 aromatic carbocycles. The Balaban J connectivity index is 1.66. The van der Waals surface area contributed by atoms with E-state index < -0.39 is 10.0 Å². The monoisotopic (exact) mass is 346 g/mol. The largest absolute Gasteiger partial charge is 0.486 e. The first kappa shape index (κ1) is 14.8. The zero-order valence-electron chi connectivity index (χ0n) is 12.8. The van der Waals surface area contributed by atoms with Crippen molar-refractivity contribution in [3.8, 4) is 11.5 Å². The molecular formula is C16H14N2O5S. The van der Waals surface area contributed by atoms with Crippen LogP contribution in [0.4, 0.5) is 5.69 Å². The maximum absolute atomic E-state index is 12.6. The Kier molecular flexibility index (Phi) is 3.34. The van der Waals surface area contributed by atoms with E-state index in [-0.39, 0.29) is 4.90 Å². The van der Waals surface area contributed by atoms with Crippen LogP contribution in [-0.4, -0.2) is 26.6 Å². The molecule has 0 saturated carbocycles. The number of anilines is 1. The predicted octanol–water partition coefficient (Wildman–Crippen LogP) is 2.71. The van der Waals surface area contributed by atoms with Gasteiger partial charge >= 0.3 is 0 Å². The van der Waals surface area contributed by atoms with Crippen LogP contribution in [0.3, 0.4) is 0 Å². The van der Waals surface area contributed by atoms with Crippen LogP contribution < -0.4 is 14.2 Å². The Bertz CT molecular complexity index is 1030. The van der Waals surface area contributed by atoms with E-state index in [0.29, 0.717) is 47.4 Å². The number of aryl methyl sites for hydroxylation is 1. The summed E-state index contributed by atoms with van der Waals surface area (Å²) in [5.41, 5.74) is 1.61. The van der Waals surface area contributed by atoms with Gasteiger partial charge in [0, 0.05) is 13.0 Å². The van der Waals surface area contributed by atoms with Crippen LogP contribution in [0.1, 0.15) is 5.89 Å². The van der Waals surface area contributed by atoms with E-state index in [1.807, 2.05) is 0 Å². The molecule has 1 aromatic heterocycles. The van der Waals surface area contributed by atoms with E-state index in [9.17, 15) is 8.42 Å². The lowest BCUT2D eigenvalue weighted by Crippen LogP contribution is -2.17. The molecule has 1 aliphatic rings. The summed E-state index contributed by atoms with van der Waals surface area (Å²) in [7, 11) is -3.75. The molecule has 0 saturated heterocycles. The lowest BCUT2D eigenvalue weighted by atomic mass is 10.3. The molecule has 0 atom stereocenters. The third-order valence-electron chi connectivity index (χ3n) is 3.57. The zero-order chi connectivity index (χ0) is 16.7. The zero-order valence-corrected chi connectivity index (χ0v) is 13.6. The van der Waals surface area contributed by atoms with Crippen LogP contribution in [0.5, 0.6) is 11.5 Å². The minimum Gasteiger partial charge on any atom is -0.486 e. The smallest absolute Gasteiger partial charge is 0.262 e. The van der Waals surface area contributed by atoms with Gasteiger partial charge in [0.25, 0.3) is 10.0 Å². The van der Waals surface area contributed by atoms with Gasteiger partial charge in [-0.1, -0.05) is 0 Å². The summed E-state index contributed by atoms with van der Waals surface area (Å²) in [6, 6.07) is 9.46. The predicted molar refractivity (Wildman–Crippen MR) is 87.0 cm³/mol. The van der Waals surface area contributed by atoms with Crippen molar-refractivity contribution in [3.63, 3.8) is 0 Å². The van der Waals surface area contributed by atoms with Crippen molar-refractivity contribution in [1.29, 1.82) is 0 Å². The fraction of sp³-hybridized carbons (Fsp3) is 0.188. The molecule has 24 heavy (non-hydrogen) atoms. The fourth-order valence-electron chi connectivity index (χ4n) is 2.51. The Hall–Kier alpha value is -2.74. The quantitative estimate of drug-likeness (QED) is 0.784. The highest BCUT2D eigenvalue weighted by Gasteiger charge is 2.19. The molecule has 4 rings (SSSR count). The molecule has 0 unspecified atom stereocenters. The van der Waals surface area contributed by atoms with Gasteiger partial charge in [-0.2, -0.15) is 0 Å². The van der Waals surface area contributed by atoms with Crippen molar-refractivity contribution in [1.82, 2.24) is 4.98 Å². The van der Waals surface area contributed by atoms with Crippen molar-refractivity contribution in [2.75, 3.05) is 17.9 Å². The molecule has 7 nitrogen and oxygen atoms in total. The van der Waals surface area contributed by atoms with Crippen LogP contribution in [-0.2, 0) is 10.0 Å². The van der Waals surface area contributed by atoms with Crippen molar-refractivity contribution in [2.24, 2.45) is 0 Å². The summed E-state index contributed by atoms with van der Waals surface area (Å²) in [5, 5.41) is 0. The van der Waals surface area contributed by atoms with E-state index in [0.717, 1.165) is 0 Å². The Morgan fingerprint density at radius 3 is 2.67 bits per heavy atom. The van der Waals surface area contributed by atoms with E-state index in [1.165, 1.54) is 12.1 Å². The van der Waals surface area contributed by atoms with Gasteiger partial charge in [0.05, 0.1) is 10.6 Å². The number of rotatable bonds is 3. The van der Waals surface area contributed by atoms with Crippen molar-refractivity contribution in [2.45, 2.75) is 11.8 Å². The van der Waals surface area contributed by atoms with Crippen LogP contribution >= 0.6 is 0 Å². The maximum atomic E-state index is 12.6. The second-order valence-electron chi connectivity index (χ2n) is 5.33. The number of aromatic nitrogens is 1. The minimum absolute atomic E-state index is 0.100. The number of sulfonamides is 1. The number of nitrogens with zero attached hydrogens (tertiary/aromatic N) is 1. The SMILES string of the molecule is Cc1nc2cc(NS(=O)(=O)c3ccc4c(c3)OCCO4)ccc2o1. The average molecular weight is 346 g/mol. The summed E-state index contributed by atoms with van der Waals surface area (Å²) in [6.45, 7) is 2.58. The third kappa shape index (κ3) is 2.65. The molecule has 8 heteroatoms. The topological polar surface area (TPSA) is 90.7 Å². The summed E-state index contributed by atoms with van der Waals surface area (Å²) in [5.74, 6) is 1.49. The molecule has 1 N–H and O–H groups in total. The lowest BCUT2D eigenvalue weighted by molar-refractivity contribution is 0.171. The molecule has 0 fully saturated rings. The first-order valence-corrected chi connectivity index (χ1v) is 8.79. The van der Waals surface area contributed by atoms with Crippen LogP contribution in [0.15, 0.2) is 45.7 Å². The van der Waals surface area contributed by atoms with Crippen LogP contribution in [0.25, 0.3) is 11.1 Å². The maximum Gasteiger partial charge on any atom is 0.262 e. The summed E-state index contributed by atoms with van der Waals surface area (Å²) in [6.07, 6.45) is 0. The highest BCUT2D eigenvalue weighted by molar-refractivity contribution is 7.92. The summed E-state index contributed by atoms with van der Waals surface area (Å²) < 4.78 is 43.9. The molecule has 0 amide bonds. The average Bonchev–Trinajstić information content (AvgIpc) is 2.93. The standard InChI is InChI=1S/C16H14N2O5S/c1-10-17-13-8-11(2-4-14(13)23-10)18-24(19,20)12-3-5-15-16(9-12)22-7-6-21-15/h2-5,8-9,18H,6-7H2,1H3. The number of benzene rings is 2. The Labute approximate surface area is 138 Å². The van der Waals surface area contributed by atoms with E-state index in [1.54, 1.807) is 31.2 Å². The summed E-state index contributed by atoms with van der Waals surface area (Å²) in [4.78, 5) is 4.30. The molecule has 1 aliphatic heterocycles. The Morgan fingerprint density at radius 2 is 1.83 bits per heavy atom. The summed E-state index contributed by atoms with van der Waals surface area (Å²) >= 11 is 0. The Morgan fingerprint density at radius 1 is 1.04 bits per heavy atom. The van der Waals surface area contributed by atoms with E-state index in [4.69, 9.17) is 13.9 Å². The molecule has 2 heterocycles. The van der Waals surface area contributed by atoms with Gasteiger partial charge in [0.2, 0.25) is 0 Å². The number of nitrogens with one attached hydrogen (secondary N) is 1. The van der Waals surface area contributed by atoms with Crippen molar-refractivity contribution < 1.29 is 22.3 Å². The van der Waals surface area contributed by atoms with Gasteiger partial charge in [-0.15, -0.1) is 0 Å². The number of oxazole rings is 1. The second-order valence-corrected chi connectivity index (χ2v) is 7.01. The molecule has 124 valence electrons. The van der Waals surface area contributed by atoms with Gasteiger partial charge in [0.15, 0.2) is 23.0 Å². The van der Waals surface area contributed by atoms with E-state index >= 15 is 0 Å². The molecular weight excluding hydrogens is 332 g/mol. The normalized spacial score (nSPS) is 13.9. The van der Waals surface area contributed by atoms with Gasteiger partial charge in [-0.3, -0.25) is 4.72 Å². The number of ether oxygens (including phenoxy) is 2. The molecule has 3 aromatic rings.